The van der Waals surface area contributed by atoms with Gasteiger partial charge in [-0.1, -0.05) is 0 Å². The lowest BCUT2D eigenvalue weighted by atomic mass is 10.1. The number of alkyl carbamates (subject to hydrolysis) is 1. The third kappa shape index (κ3) is 6.09. The SMILES string of the molecule is COC(=O)c1ccc(SCCNC(=O)OC(C)(C)C)c(F)c1C. The van der Waals surface area contributed by atoms with Crippen molar-refractivity contribution in [1.82, 2.24) is 5.32 Å². The number of rotatable bonds is 5. The van der Waals surface area contributed by atoms with Crippen molar-refractivity contribution < 1.29 is 23.5 Å². The second-order valence-corrected chi connectivity index (χ2v) is 6.96. The molecule has 0 aliphatic heterocycles. The van der Waals surface area contributed by atoms with Crippen molar-refractivity contribution >= 4 is 23.8 Å². The van der Waals surface area contributed by atoms with Crippen molar-refractivity contribution in [2.45, 2.75) is 38.2 Å². The molecule has 0 radical (unpaired) electrons. The molecule has 0 unspecified atom stereocenters. The number of methoxy groups -OCH3 is 1. The Hall–Kier alpha value is -1.76. The van der Waals surface area contributed by atoms with Gasteiger partial charge in [-0.15, -0.1) is 11.8 Å². The summed E-state index contributed by atoms with van der Waals surface area (Å²) >= 11 is 1.25. The number of thioether (sulfide) groups is 1. The maximum Gasteiger partial charge on any atom is 0.407 e. The van der Waals surface area contributed by atoms with Crippen LogP contribution in [0.5, 0.6) is 0 Å². The molecule has 1 rings (SSSR count). The summed E-state index contributed by atoms with van der Waals surface area (Å²) in [6.45, 7) is 7.22. The summed E-state index contributed by atoms with van der Waals surface area (Å²) in [5.41, 5.74) is -0.0901. The van der Waals surface area contributed by atoms with E-state index in [1.807, 2.05) is 0 Å². The third-order valence-electron chi connectivity index (χ3n) is 2.78. The molecule has 0 saturated carbocycles. The molecule has 1 aromatic carbocycles. The van der Waals surface area contributed by atoms with Gasteiger partial charge in [-0.3, -0.25) is 0 Å². The summed E-state index contributed by atoms with van der Waals surface area (Å²) in [6, 6.07) is 3.07. The summed E-state index contributed by atoms with van der Waals surface area (Å²) in [7, 11) is 1.25. The lowest BCUT2D eigenvalue weighted by Crippen LogP contribution is -2.33. The quantitative estimate of drug-likeness (QED) is 0.503. The van der Waals surface area contributed by atoms with Crippen LogP contribution in [0.4, 0.5) is 9.18 Å². The van der Waals surface area contributed by atoms with Gasteiger partial charge in [-0.25, -0.2) is 14.0 Å². The summed E-state index contributed by atoms with van der Waals surface area (Å²) in [5.74, 6) is -0.535. The topological polar surface area (TPSA) is 64.6 Å². The first-order chi connectivity index (χ1) is 10.7. The first-order valence-corrected chi connectivity index (χ1v) is 8.11. The molecular weight excluding hydrogens is 321 g/mol. The van der Waals surface area contributed by atoms with Crippen molar-refractivity contribution in [2.75, 3.05) is 19.4 Å². The molecule has 5 nitrogen and oxygen atoms in total. The Morgan fingerprint density at radius 3 is 2.52 bits per heavy atom. The summed E-state index contributed by atoms with van der Waals surface area (Å²) < 4.78 is 23.9. The van der Waals surface area contributed by atoms with Gasteiger partial charge < -0.3 is 14.8 Å². The molecule has 0 fully saturated rings. The highest BCUT2D eigenvalue weighted by Gasteiger charge is 2.17. The predicted molar refractivity (Wildman–Crippen MR) is 87.4 cm³/mol. The number of amides is 1. The number of carbonyl (C=O) groups is 2. The van der Waals surface area contributed by atoms with Crippen LogP contribution < -0.4 is 5.32 Å². The Morgan fingerprint density at radius 2 is 1.96 bits per heavy atom. The molecule has 128 valence electrons. The van der Waals surface area contributed by atoms with E-state index >= 15 is 0 Å². The zero-order valence-corrected chi connectivity index (χ0v) is 14.8. The van der Waals surface area contributed by atoms with E-state index in [1.165, 1.54) is 37.9 Å². The van der Waals surface area contributed by atoms with Crippen LogP contribution in [0.2, 0.25) is 0 Å². The number of nitrogens with one attached hydrogen (secondary N) is 1. The van der Waals surface area contributed by atoms with Crippen LogP contribution in [0, 0.1) is 12.7 Å². The molecule has 0 heterocycles. The zero-order chi connectivity index (χ0) is 17.6. The molecule has 7 heteroatoms. The monoisotopic (exact) mass is 343 g/mol. The third-order valence-corrected chi connectivity index (χ3v) is 3.82. The second kappa shape index (κ2) is 8.19. The molecule has 23 heavy (non-hydrogen) atoms. The average Bonchev–Trinajstić information content (AvgIpc) is 2.45. The molecule has 0 spiro atoms. The zero-order valence-electron chi connectivity index (χ0n) is 14.0. The number of ether oxygens (including phenoxy) is 2. The van der Waals surface area contributed by atoms with Gasteiger partial charge in [0.1, 0.15) is 11.4 Å². The molecular formula is C16H22FNO4S. The van der Waals surface area contributed by atoms with E-state index in [0.29, 0.717) is 17.2 Å². The molecule has 1 aromatic rings. The van der Waals surface area contributed by atoms with Crippen molar-refractivity contribution in [3.63, 3.8) is 0 Å². The molecule has 0 atom stereocenters. The Kier molecular flexibility index (Phi) is 6.87. The van der Waals surface area contributed by atoms with Crippen LogP contribution >= 0.6 is 11.8 Å². The minimum Gasteiger partial charge on any atom is -0.465 e. The fourth-order valence-corrected chi connectivity index (χ4v) is 2.60. The number of esters is 1. The first-order valence-electron chi connectivity index (χ1n) is 7.12. The normalized spacial score (nSPS) is 11.0. The van der Waals surface area contributed by atoms with E-state index < -0.39 is 23.5 Å². The number of hydrogen-bond donors (Lipinski definition) is 1. The summed E-state index contributed by atoms with van der Waals surface area (Å²) in [5, 5.41) is 2.60. The molecule has 1 N–H and O–H groups in total. The van der Waals surface area contributed by atoms with E-state index in [2.05, 4.69) is 10.1 Å². The highest BCUT2D eigenvalue weighted by Crippen LogP contribution is 2.26. The van der Waals surface area contributed by atoms with E-state index in [9.17, 15) is 14.0 Å². The Labute approximate surface area is 139 Å². The van der Waals surface area contributed by atoms with E-state index in [0.717, 1.165) is 0 Å². The van der Waals surface area contributed by atoms with Crippen molar-refractivity contribution in [3.8, 4) is 0 Å². The van der Waals surface area contributed by atoms with Gasteiger partial charge >= 0.3 is 12.1 Å². The van der Waals surface area contributed by atoms with Gasteiger partial charge in [-0.2, -0.15) is 0 Å². The highest BCUT2D eigenvalue weighted by atomic mass is 32.2. The fourth-order valence-electron chi connectivity index (χ4n) is 1.73. The number of benzene rings is 1. The van der Waals surface area contributed by atoms with Gasteiger partial charge in [-0.05, 0) is 39.8 Å². The fraction of sp³-hybridized carbons (Fsp3) is 0.500. The number of carbonyl (C=O) groups excluding carboxylic acids is 2. The molecule has 0 saturated heterocycles. The van der Waals surface area contributed by atoms with Gasteiger partial charge in [0.2, 0.25) is 0 Å². The van der Waals surface area contributed by atoms with E-state index in [4.69, 9.17) is 4.74 Å². The minimum absolute atomic E-state index is 0.209. The minimum atomic E-state index is -0.565. The summed E-state index contributed by atoms with van der Waals surface area (Å²) in [4.78, 5) is 23.4. The molecule has 0 aliphatic carbocycles. The van der Waals surface area contributed by atoms with Crippen LogP contribution in [0.3, 0.4) is 0 Å². The first kappa shape index (κ1) is 19.3. The lowest BCUT2D eigenvalue weighted by Gasteiger charge is -2.19. The maximum atomic E-state index is 14.2. The Bertz CT molecular complexity index is 584. The van der Waals surface area contributed by atoms with Crippen molar-refractivity contribution in [1.29, 1.82) is 0 Å². The van der Waals surface area contributed by atoms with Gasteiger partial charge in [0, 0.05) is 22.8 Å². The van der Waals surface area contributed by atoms with Crippen molar-refractivity contribution in [2.24, 2.45) is 0 Å². The standard InChI is InChI=1S/C16H22FNO4S/c1-10-11(14(19)21-5)6-7-12(13(10)17)23-9-8-18-15(20)22-16(2,3)4/h6-7H,8-9H2,1-5H3,(H,18,20). The number of hydrogen-bond acceptors (Lipinski definition) is 5. The molecule has 0 bridgehead atoms. The van der Waals surface area contributed by atoms with Crippen LogP contribution in [-0.4, -0.2) is 37.1 Å². The molecule has 1 amide bonds. The largest absolute Gasteiger partial charge is 0.465 e. The second-order valence-electron chi connectivity index (χ2n) is 5.82. The van der Waals surface area contributed by atoms with Crippen LogP contribution in [0.1, 0.15) is 36.7 Å². The smallest absolute Gasteiger partial charge is 0.407 e. The van der Waals surface area contributed by atoms with E-state index in [1.54, 1.807) is 20.8 Å². The van der Waals surface area contributed by atoms with Crippen LogP contribution in [0.25, 0.3) is 0 Å². The average molecular weight is 343 g/mol. The Balaban J connectivity index is 2.55. The predicted octanol–water partition coefficient (Wildman–Crippen LogP) is 3.54. The van der Waals surface area contributed by atoms with Gasteiger partial charge in [0.25, 0.3) is 0 Å². The Morgan fingerprint density at radius 1 is 1.30 bits per heavy atom. The molecule has 0 aromatic heterocycles. The van der Waals surface area contributed by atoms with E-state index in [-0.39, 0.29) is 11.1 Å². The summed E-state index contributed by atoms with van der Waals surface area (Å²) in [6.07, 6.45) is -0.504. The van der Waals surface area contributed by atoms with Crippen molar-refractivity contribution in [3.05, 3.63) is 29.1 Å². The molecule has 0 aliphatic rings. The van der Waals surface area contributed by atoms with Gasteiger partial charge in [0.15, 0.2) is 0 Å². The maximum absolute atomic E-state index is 14.2. The number of halogens is 1. The van der Waals surface area contributed by atoms with Crippen LogP contribution in [0.15, 0.2) is 17.0 Å². The van der Waals surface area contributed by atoms with Gasteiger partial charge in [0.05, 0.1) is 12.7 Å². The lowest BCUT2D eigenvalue weighted by molar-refractivity contribution is 0.0530. The highest BCUT2D eigenvalue weighted by molar-refractivity contribution is 7.99. The van der Waals surface area contributed by atoms with Crippen LogP contribution in [-0.2, 0) is 9.47 Å².